The summed E-state index contributed by atoms with van der Waals surface area (Å²) in [4.78, 5) is 14.9. The molecule has 1 unspecified atom stereocenters. The van der Waals surface area contributed by atoms with Crippen LogP contribution in [-0.2, 0) is 4.79 Å². The Bertz CT molecular complexity index is 490. The molecule has 2 N–H and O–H groups in total. The summed E-state index contributed by atoms with van der Waals surface area (Å²) in [5.74, 6) is 0.583. The lowest BCUT2D eigenvalue weighted by Gasteiger charge is -2.37. The molecular formula is C18H27N3O. The predicted octanol–water partition coefficient (Wildman–Crippen LogP) is 2.48. The minimum atomic E-state index is 0.215. The fourth-order valence-electron chi connectivity index (χ4n) is 3.68. The Labute approximate surface area is 133 Å². The SMILES string of the molecule is C[C@H]1C[C@@H](C(=O)N2CCCC(Nc3ccccc3)C2)CCN1. The number of hydrogen-bond acceptors (Lipinski definition) is 3. The second-order valence-electron chi connectivity index (χ2n) is 6.71. The molecule has 2 saturated heterocycles. The van der Waals surface area contributed by atoms with Crippen molar-refractivity contribution in [1.29, 1.82) is 0 Å². The molecule has 2 aliphatic rings. The molecule has 120 valence electrons. The third-order valence-corrected chi connectivity index (χ3v) is 4.85. The quantitative estimate of drug-likeness (QED) is 0.901. The van der Waals surface area contributed by atoms with E-state index in [1.807, 2.05) is 18.2 Å². The summed E-state index contributed by atoms with van der Waals surface area (Å²) in [5, 5.41) is 7.00. The zero-order valence-corrected chi connectivity index (χ0v) is 13.4. The number of benzene rings is 1. The van der Waals surface area contributed by atoms with Gasteiger partial charge in [-0.1, -0.05) is 18.2 Å². The molecule has 1 aromatic carbocycles. The lowest BCUT2D eigenvalue weighted by Crippen LogP contribution is -2.49. The molecule has 2 heterocycles. The smallest absolute Gasteiger partial charge is 0.225 e. The third-order valence-electron chi connectivity index (χ3n) is 4.85. The van der Waals surface area contributed by atoms with Gasteiger partial charge in [0.2, 0.25) is 5.91 Å². The van der Waals surface area contributed by atoms with Gasteiger partial charge >= 0.3 is 0 Å². The van der Waals surface area contributed by atoms with Crippen molar-refractivity contribution in [2.45, 2.75) is 44.7 Å². The first-order valence-electron chi connectivity index (χ1n) is 8.56. The first kappa shape index (κ1) is 15.3. The Morgan fingerprint density at radius 2 is 2.09 bits per heavy atom. The van der Waals surface area contributed by atoms with E-state index in [4.69, 9.17) is 0 Å². The van der Waals surface area contributed by atoms with Crippen LogP contribution in [0.3, 0.4) is 0 Å². The van der Waals surface area contributed by atoms with Crippen LogP contribution in [0.25, 0.3) is 0 Å². The van der Waals surface area contributed by atoms with Gasteiger partial charge in [-0.3, -0.25) is 4.79 Å². The lowest BCUT2D eigenvalue weighted by molar-refractivity contribution is -0.137. The van der Waals surface area contributed by atoms with Crippen LogP contribution in [0.15, 0.2) is 30.3 Å². The number of likely N-dealkylation sites (tertiary alicyclic amines) is 1. The van der Waals surface area contributed by atoms with Crippen LogP contribution in [0, 0.1) is 5.92 Å². The number of anilines is 1. The Kier molecular flexibility index (Phi) is 4.98. The first-order valence-corrected chi connectivity index (χ1v) is 8.56. The summed E-state index contributed by atoms with van der Waals surface area (Å²) in [6, 6.07) is 11.1. The average molecular weight is 301 g/mol. The number of hydrogen-bond donors (Lipinski definition) is 2. The van der Waals surface area contributed by atoms with Gasteiger partial charge in [-0.25, -0.2) is 0 Å². The molecule has 2 aliphatic heterocycles. The Hall–Kier alpha value is -1.55. The van der Waals surface area contributed by atoms with E-state index in [1.54, 1.807) is 0 Å². The standard InChI is InChI=1S/C18H27N3O/c1-14-12-15(9-10-19-14)18(22)21-11-5-8-17(13-21)20-16-6-3-2-4-7-16/h2-4,6-7,14-15,17,19-20H,5,8-13H2,1H3/t14-,15-,17?/m0/s1. The van der Waals surface area contributed by atoms with Crippen LogP contribution in [-0.4, -0.2) is 42.5 Å². The molecule has 4 nitrogen and oxygen atoms in total. The Morgan fingerprint density at radius 1 is 1.27 bits per heavy atom. The zero-order chi connectivity index (χ0) is 15.4. The number of piperidine rings is 2. The van der Waals surface area contributed by atoms with Crippen LogP contribution in [0.4, 0.5) is 5.69 Å². The van der Waals surface area contributed by atoms with Crippen LogP contribution >= 0.6 is 0 Å². The number of carbonyl (C=O) groups excluding carboxylic acids is 1. The normalized spacial score (nSPS) is 29.1. The largest absolute Gasteiger partial charge is 0.381 e. The van der Waals surface area contributed by atoms with E-state index in [0.717, 1.165) is 51.0 Å². The average Bonchev–Trinajstić information content (AvgIpc) is 2.55. The van der Waals surface area contributed by atoms with Crippen molar-refractivity contribution >= 4 is 11.6 Å². The molecule has 0 aromatic heterocycles. The van der Waals surface area contributed by atoms with Crippen LogP contribution in [0.2, 0.25) is 0 Å². The summed E-state index contributed by atoms with van der Waals surface area (Å²) >= 11 is 0. The Morgan fingerprint density at radius 3 is 2.86 bits per heavy atom. The summed E-state index contributed by atoms with van der Waals surface area (Å²) in [6.45, 7) is 4.91. The molecule has 0 aliphatic carbocycles. The molecule has 0 bridgehead atoms. The monoisotopic (exact) mass is 301 g/mol. The van der Waals surface area contributed by atoms with E-state index in [-0.39, 0.29) is 5.92 Å². The van der Waals surface area contributed by atoms with Gasteiger partial charge in [-0.05, 0) is 51.3 Å². The Balaban J connectivity index is 1.57. The van der Waals surface area contributed by atoms with Crippen LogP contribution in [0.5, 0.6) is 0 Å². The van der Waals surface area contributed by atoms with E-state index < -0.39 is 0 Å². The number of nitrogens with one attached hydrogen (secondary N) is 2. The molecule has 22 heavy (non-hydrogen) atoms. The predicted molar refractivity (Wildman–Crippen MR) is 89.9 cm³/mol. The van der Waals surface area contributed by atoms with Crippen LogP contribution < -0.4 is 10.6 Å². The van der Waals surface area contributed by atoms with Crippen molar-refractivity contribution in [1.82, 2.24) is 10.2 Å². The van der Waals surface area contributed by atoms with Gasteiger partial charge in [0, 0.05) is 36.8 Å². The minimum absolute atomic E-state index is 0.215. The van der Waals surface area contributed by atoms with Gasteiger partial charge in [0.1, 0.15) is 0 Å². The van der Waals surface area contributed by atoms with Gasteiger partial charge < -0.3 is 15.5 Å². The van der Waals surface area contributed by atoms with Crippen molar-refractivity contribution in [2.75, 3.05) is 25.0 Å². The summed E-state index contributed by atoms with van der Waals surface area (Å²) in [5.41, 5.74) is 1.15. The van der Waals surface area contributed by atoms with Gasteiger partial charge in [0.25, 0.3) is 0 Å². The lowest BCUT2D eigenvalue weighted by atomic mass is 9.91. The fraction of sp³-hybridized carbons (Fsp3) is 0.611. The van der Waals surface area contributed by atoms with E-state index in [2.05, 4.69) is 34.6 Å². The topological polar surface area (TPSA) is 44.4 Å². The van der Waals surface area contributed by atoms with Crippen molar-refractivity contribution in [3.05, 3.63) is 30.3 Å². The number of nitrogens with zero attached hydrogens (tertiary/aromatic N) is 1. The van der Waals surface area contributed by atoms with Gasteiger partial charge in [0.15, 0.2) is 0 Å². The highest BCUT2D eigenvalue weighted by Gasteiger charge is 2.31. The molecule has 3 atom stereocenters. The highest BCUT2D eigenvalue weighted by Crippen LogP contribution is 2.22. The zero-order valence-electron chi connectivity index (χ0n) is 13.4. The molecule has 0 radical (unpaired) electrons. The van der Waals surface area contributed by atoms with Crippen molar-refractivity contribution in [3.8, 4) is 0 Å². The highest BCUT2D eigenvalue weighted by molar-refractivity contribution is 5.79. The molecule has 0 spiro atoms. The van der Waals surface area contributed by atoms with Crippen molar-refractivity contribution in [3.63, 3.8) is 0 Å². The third kappa shape index (κ3) is 3.80. The molecule has 1 amide bonds. The molecular weight excluding hydrogens is 274 g/mol. The first-order chi connectivity index (χ1) is 10.7. The van der Waals surface area contributed by atoms with Crippen molar-refractivity contribution < 1.29 is 4.79 Å². The number of carbonyl (C=O) groups is 1. The second kappa shape index (κ2) is 7.14. The molecule has 3 rings (SSSR count). The van der Waals surface area contributed by atoms with Crippen LogP contribution in [0.1, 0.15) is 32.6 Å². The number of para-hydroxylation sites is 1. The molecule has 4 heteroatoms. The van der Waals surface area contributed by atoms with Crippen molar-refractivity contribution in [2.24, 2.45) is 5.92 Å². The summed E-state index contributed by atoms with van der Waals surface area (Å²) in [6.07, 6.45) is 4.20. The van der Waals surface area contributed by atoms with E-state index >= 15 is 0 Å². The van der Waals surface area contributed by atoms with Gasteiger partial charge in [-0.2, -0.15) is 0 Å². The number of rotatable bonds is 3. The summed E-state index contributed by atoms with van der Waals surface area (Å²) in [7, 11) is 0. The minimum Gasteiger partial charge on any atom is -0.381 e. The highest BCUT2D eigenvalue weighted by atomic mass is 16.2. The van der Waals surface area contributed by atoms with E-state index in [9.17, 15) is 4.79 Å². The maximum Gasteiger partial charge on any atom is 0.225 e. The van der Waals surface area contributed by atoms with Gasteiger partial charge in [0.05, 0.1) is 0 Å². The van der Waals surface area contributed by atoms with E-state index in [0.29, 0.717) is 18.0 Å². The molecule has 0 saturated carbocycles. The molecule has 1 aromatic rings. The fourth-order valence-corrected chi connectivity index (χ4v) is 3.68. The van der Waals surface area contributed by atoms with E-state index in [1.165, 1.54) is 0 Å². The van der Waals surface area contributed by atoms with Gasteiger partial charge in [-0.15, -0.1) is 0 Å². The summed E-state index contributed by atoms with van der Waals surface area (Å²) < 4.78 is 0. The maximum atomic E-state index is 12.8. The molecule has 2 fully saturated rings. The second-order valence-corrected chi connectivity index (χ2v) is 6.71. The maximum absolute atomic E-state index is 12.8. The number of amides is 1.